The molecule has 138 valence electrons. The first-order valence-electron chi connectivity index (χ1n) is 8.54. The maximum atomic E-state index is 12.0. The summed E-state index contributed by atoms with van der Waals surface area (Å²) in [5.41, 5.74) is 4.72. The van der Waals surface area contributed by atoms with Crippen molar-refractivity contribution in [3.8, 4) is 34.9 Å². The van der Waals surface area contributed by atoms with E-state index in [0.29, 0.717) is 16.6 Å². The summed E-state index contributed by atoms with van der Waals surface area (Å²) >= 11 is 0. The van der Waals surface area contributed by atoms with Crippen LogP contribution in [0, 0.1) is 29.6 Å². The van der Waals surface area contributed by atoms with Crippen molar-refractivity contribution in [2.75, 3.05) is 6.61 Å². The molecule has 0 radical (unpaired) electrons. The fourth-order valence-corrected chi connectivity index (χ4v) is 2.50. The van der Waals surface area contributed by atoms with E-state index >= 15 is 0 Å². The number of fused-ring (bicyclic) bond motifs is 1. The normalized spacial score (nSPS) is 11.0. The highest BCUT2D eigenvalue weighted by Gasteiger charge is 2.13. The zero-order valence-electron chi connectivity index (χ0n) is 15.1. The van der Waals surface area contributed by atoms with Crippen LogP contribution in [0.15, 0.2) is 48.8 Å². The number of benzene rings is 1. The number of nitrogens with zero attached hydrogens (tertiary/aromatic N) is 2. The molecule has 0 saturated carbocycles. The Balaban J connectivity index is 1.94. The quantitative estimate of drug-likeness (QED) is 0.373. The molecule has 2 heterocycles. The Morgan fingerprint density at radius 2 is 2.00 bits per heavy atom. The standard InChI is InChI=1S/C22H17N3O3/c1-15(14-26)4-2-3-5-16-6-8-17(9-7-16)21-12-18(22(27)25-28)19-13-23-11-10-20(19)24-21/h6-13,15,26,28H,14H2,1H3,(H,25,27). The van der Waals surface area contributed by atoms with E-state index < -0.39 is 5.91 Å². The van der Waals surface area contributed by atoms with Gasteiger partial charge in [0.05, 0.1) is 23.4 Å². The first-order chi connectivity index (χ1) is 13.6. The summed E-state index contributed by atoms with van der Waals surface area (Å²) in [4.78, 5) is 20.6. The van der Waals surface area contributed by atoms with Crippen molar-refractivity contribution in [3.63, 3.8) is 0 Å². The lowest BCUT2D eigenvalue weighted by molar-refractivity contribution is 0.0708. The number of nitrogens with one attached hydrogen (secondary N) is 1. The molecule has 0 aliphatic carbocycles. The Morgan fingerprint density at radius 3 is 2.71 bits per heavy atom. The zero-order chi connectivity index (χ0) is 19.9. The molecule has 1 atom stereocenters. The molecule has 3 rings (SSSR count). The second-order valence-corrected chi connectivity index (χ2v) is 6.07. The Bertz CT molecular complexity index is 1130. The van der Waals surface area contributed by atoms with Gasteiger partial charge >= 0.3 is 0 Å². The topological polar surface area (TPSA) is 95.3 Å². The number of hydroxylamine groups is 1. The van der Waals surface area contributed by atoms with E-state index in [-0.39, 0.29) is 18.1 Å². The highest BCUT2D eigenvalue weighted by Crippen LogP contribution is 2.24. The lowest BCUT2D eigenvalue weighted by Crippen LogP contribution is -2.19. The number of amides is 1. The van der Waals surface area contributed by atoms with E-state index in [4.69, 9.17) is 10.3 Å². The highest BCUT2D eigenvalue weighted by molar-refractivity contribution is 6.06. The van der Waals surface area contributed by atoms with E-state index in [9.17, 15) is 4.79 Å². The van der Waals surface area contributed by atoms with Gasteiger partial charge in [0.25, 0.3) is 5.91 Å². The maximum Gasteiger partial charge on any atom is 0.275 e. The van der Waals surface area contributed by atoms with Gasteiger partial charge in [-0.15, -0.1) is 0 Å². The van der Waals surface area contributed by atoms with Crippen LogP contribution in [0.2, 0.25) is 0 Å². The first-order valence-corrected chi connectivity index (χ1v) is 8.54. The van der Waals surface area contributed by atoms with Crippen molar-refractivity contribution in [1.82, 2.24) is 15.4 Å². The third kappa shape index (κ3) is 4.33. The summed E-state index contributed by atoms with van der Waals surface area (Å²) in [6, 6.07) is 10.7. The van der Waals surface area contributed by atoms with E-state index in [0.717, 1.165) is 11.1 Å². The molecule has 28 heavy (non-hydrogen) atoms. The van der Waals surface area contributed by atoms with Crippen LogP contribution in [0.1, 0.15) is 22.8 Å². The molecular formula is C22H17N3O3. The maximum absolute atomic E-state index is 12.0. The molecule has 2 aromatic heterocycles. The highest BCUT2D eigenvalue weighted by atomic mass is 16.5. The summed E-state index contributed by atoms with van der Waals surface area (Å²) in [5.74, 6) is 10.5. The van der Waals surface area contributed by atoms with Crippen molar-refractivity contribution in [1.29, 1.82) is 0 Å². The van der Waals surface area contributed by atoms with Gasteiger partial charge in [0, 0.05) is 34.8 Å². The van der Waals surface area contributed by atoms with Gasteiger partial charge in [-0.3, -0.25) is 15.0 Å². The minimum Gasteiger partial charge on any atom is -0.395 e. The predicted octanol–water partition coefficient (Wildman–Crippen LogP) is 2.40. The van der Waals surface area contributed by atoms with Gasteiger partial charge < -0.3 is 5.11 Å². The number of aliphatic hydroxyl groups excluding tert-OH is 1. The first kappa shape index (κ1) is 19.1. The van der Waals surface area contributed by atoms with Crippen LogP contribution in [-0.4, -0.2) is 32.8 Å². The van der Waals surface area contributed by atoms with Gasteiger partial charge in [-0.1, -0.05) is 24.0 Å². The lowest BCUT2D eigenvalue weighted by Gasteiger charge is -2.08. The predicted molar refractivity (Wildman–Crippen MR) is 105 cm³/mol. The van der Waals surface area contributed by atoms with Gasteiger partial charge in [-0.25, -0.2) is 10.5 Å². The summed E-state index contributed by atoms with van der Waals surface area (Å²) < 4.78 is 0. The van der Waals surface area contributed by atoms with Crippen LogP contribution >= 0.6 is 0 Å². The number of hydrogen-bond donors (Lipinski definition) is 3. The second-order valence-electron chi connectivity index (χ2n) is 6.07. The van der Waals surface area contributed by atoms with Crippen LogP contribution in [-0.2, 0) is 0 Å². The Kier molecular flexibility index (Phi) is 5.98. The molecule has 0 aliphatic rings. The number of aliphatic hydroxyl groups is 1. The summed E-state index contributed by atoms with van der Waals surface area (Å²) in [6.07, 6.45) is 3.13. The monoisotopic (exact) mass is 371 g/mol. The van der Waals surface area contributed by atoms with Crippen molar-refractivity contribution in [2.24, 2.45) is 5.92 Å². The molecule has 1 amide bonds. The second kappa shape index (κ2) is 8.79. The third-order valence-electron chi connectivity index (χ3n) is 4.00. The largest absolute Gasteiger partial charge is 0.395 e. The van der Waals surface area contributed by atoms with E-state index in [1.807, 2.05) is 31.2 Å². The molecular weight excluding hydrogens is 354 g/mol. The van der Waals surface area contributed by atoms with E-state index in [1.54, 1.807) is 23.8 Å². The molecule has 3 aromatic rings. The average Bonchev–Trinajstić information content (AvgIpc) is 2.75. The van der Waals surface area contributed by atoms with Crippen molar-refractivity contribution in [2.45, 2.75) is 6.92 Å². The van der Waals surface area contributed by atoms with Crippen molar-refractivity contribution in [3.05, 3.63) is 59.9 Å². The van der Waals surface area contributed by atoms with Crippen LogP contribution in [0.5, 0.6) is 0 Å². The third-order valence-corrected chi connectivity index (χ3v) is 4.00. The van der Waals surface area contributed by atoms with Crippen LogP contribution < -0.4 is 5.48 Å². The fraction of sp³-hybridized carbons (Fsp3) is 0.136. The lowest BCUT2D eigenvalue weighted by atomic mass is 10.0. The fourth-order valence-electron chi connectivity index (χ4n) is 2.50. The number of pyridine rings is 2. The van der Waals surface area contributed by atoms with Gasteiger partial charge in [0.1, 0.15) is 0 Å². The van der Waals surface area contributed by atoms with Gasteiger partial charge in [0.15, 0.2) is 0 Å². The molecule has 6 nitrogen and oxygen atoms in total. The number of rotatable bonds is 3. The minimum absolute atomic E-state index is 0.00842. The molecule has 0 fully saturated rings. The van der Waals surface area contributed by atoms with Gasteiger partial charge in [0.2, 0.25) is 0 Å². The van der Waals surface area contributed by atoms with Crippen molar-refractivity contribution < 1.29 is 15.1 Å². The summed E-state index contributed by atoms with van der Waals surface area (Å²) in [7, 11) is 0. The number of carbonyl (C=O) groups is 1. The van der Waals surface area contributed by atoms with Gasteiger partial charge in [-0.2, -0.15) is 0 Å². The summed E-state index contributed by atoms with van der Waals surface area (Å²) in [6.45, 7) is 1.83. The molecule has 0 bridgehead atoms. The SMILES string of the molecule is CC(C#CC#Cc1ccc(-c2cc(C(=O)NO)c3cnccc3n2)cc1)CO. The average molecular weight is 371 g/mol. The summed E-state index contributed by atoms with van der Waals surface area (Å²) in [5, 5.41) is 18.5. The molecule has 6 heteroatoms. The zero-order valence-corrected chi connectivity index (χ0v) is 15.1. The molecule has 1 aromatic carbocycles. The Morgan fingerprint density at radius 1 is 1.21 bits per heavy atom. The molecule has 0 aliphatic heterocycles. The smallest absolute Gasteiger partial charge is 0.275 e. The number of carbonyl (C=O) groups excluding carboxylic acids is 1. The minimum atomic E-state index is -0.625. The van der Waals surface area contributed by atoms with Gasteiger partial charge in [-0.05, 0) is 43.0 Å². The number of hydrogen-bond acceptors (Lipinski definition) is 5. The van der Waals surface area contributed by atoms with Crippen LogP contribution in [0.3, 0.4) is 0 Å². The number of aromatic nitrogens is 2. The van der Waals surface area contributed by atoms with Crippen molar-refractivity contribution >= 4 is 16.8 Å². The van der Waals surface area contributed by atoms with E-state index in [1.165, 1.54) is 6.20 Å². The van der Waals surface area contributed by atoms with E-state index in [2.05, 4.69) is 33.6 Å². The molecule has 1 unspecified atom stereocenters. The van der Waals surface area contributed by atoms with Crippen LogP contribution in [0.25, 0.3) is 22.2 Å². The Labute approximate surface area is 162 Å². The molecule has 3 N–H and O–H groups in total. The van der Waals surface area contributed by atoms with Crippen LogP contribution in [0.4, 0.5) is 0 Å². The Hall–Kier alpha value is -3.71. The molecule has 0 spiro atoms. The molecule has 0 saturated heterocycles.